The molecule has 4 nitrogen and oxygen atoms in total. The van der Waals surface area contributed by atoms with Crippen molar-refractivity contribution in [3.05, 3.63) is 39.9 Å². The summed E-state index contributed by atoms with van der Waals surface area (Å²) in [5.74, 6) is 1.14. The highest BCUT2D eigenvalue weighted by atomic mass is 32.1. The van der Waals surface area contributed by atoms with Gasteiger partial charge in [-0.2, -0.15) is 0 Å². The van der Waals surface area contributed by atoms with Crippen LogP contribution in [0.2, 0.25) is 0 Å². The molecule has 18 heavy (non-hydrogen) atoms. The lowest BCUT2D eigenvalue weighted by molar-refractivity contribution is 0.0931. The molecule has 0 aliphatic heterocycles. The zero-order chi connectivity index (χ0) is 12.5. The fourth-order valence-electron chi connectivity index (χ4n) is 1.84. The number of hydrogen-bond donors (Lipinski definition) is 1. The summed E-state index contributed by atoms with van der Waals surface area (Å²) < 4.78 is 5.17. The molecule has 2 aromatic rings. The zero-order valence-electron chi connectivity index (χ0n) is 10.1. The third-order valence-corrected chi connectivity index (χ3v) is 4.11. The molecule has 0 spiro atoms. The number of hydrogen-bond acceptors (Lipinski definition) is 4. The standard InChI is InChI=1S/C13H14N2O2S/c1-8(12-3-2-6-18-12)14-13(16)10-7-11(17-15-10)9-4-5-9/h2-3,6-9H,4-5H2,1H3,(H,14,16). The van der Waals surface area contributed by atoms with E-state index in [9.17, 15) is 4.79 Å². The molecule has 1 unspecified atom stereocenters. The van der Waals surface area contributed by atoms with Gasteiger partial charge >= 0.3 is 0 Å². The summed E-state index contributed by atoms with van der Waals surface area (Å²) in [6.45, 7) is 1.96. The molecule has 94 valence electrons. The van der Waals surface area contributed by atoms with Crippen molar-refractivity contribution >= 4 is 17.2 Å². The van der Waals surface area contributed by atoms with Gasteiger partial charge in [0.05, 0.1) is 6.04 Å². The molecular formula is C13H14N2O2S. The largest absolute Gasteiger partial charge is 0.360 e. The lowest BCUT2D eigenvalue weighted by atomic mass is 10.2. The minimum absolute atomic E-state index is 0.00132. The maximum absolute atomic E-state index is 12.0. The van der Waals surface area contributed by atoms with Crippen molar-refractivity contribution in [2.24, 2.45) is 0 Å². The minimum atomic E-state index is -0.174. The van der Waals surface area contributed by atoms with Crippen LogP contribution < -0.4 is 5.32 Å². The Balaban J connectivity index is 1.66. The number of amides is 1. The van der Waals surface area contributed by atoms with Crippen molar-refractivity contribution in [1.29, 1.82) is 0 Å². The normalized spacial score (nSPS) is 16.5. The predicted molar refractivity (Wildman–Crippen MR) is 68.7 cm³/mol. The molecule has 1 N–H and O–H groups in total. The van der Waals surface area contributed by atoms with E-state index in [-0.39, 0.29) is 11.9 Å². The van der Waals surface area contributed by atoms with E-state index < -0.39 is 0 Å². The van der Waals surface area contributed by atoms with Crippen LogP contribution in [-0.2, 0) is 0 Å². The number of carbonyl (C=O) groups is 1. The Morgan fingerprint density at radius 2 is 2.44 bits per heavy atom. The number of nitrogens with one attached hydrogen (secondary N) is 1. The molecule has 5 heteroatoms. The van der Waals surface area contributed by atoms with E-state index in [4.69, 9.17) is 4.52 Å². The van der Waals surface area contributed by atoms with Gasteiger partial charge in [0.2, 0.25) is 0 Å². The molecule has 3 rings (SSSR count). The first-order chi connectivity index (χ1) is 8.74. The third-order valence-electron chi connectivity index (χ3n) is 3.06. The minimum Gasteiger partial charge on any atom is -0.360 e. The monoisotopic (exact) mass is 262 g/mol. The van der Waals surface area contributed by atoms with Crippen molar-refractivity contribution in [1.82, 2.24) is 10.5 Å². The number of thiophene rings is 1. The molecule has 1 fully saturated rings. The number of aromatic nitrogens is 1. The van der Waals surface area contributed by atoms with Gasteiger partial charge in [-0.1, -0.05) is 11.2 Å². The van der Waals surface area contributed by atoms with E-state index in [0.29, 0.717) is 11.6 Å². The highest BCUT2D eigenvalue weighted by molar-refractivity contribution is 7.10. The average molecular weight is 262 g/mol. The van der Waals surface area contributed by atoms with Crippen LogP contribution in [0.5, 0.6) is 0 Å². The first-order valence-corrected chi connectivity index (χ1v) is 6.93. The molecule has 1 aliphatic carbocycles. The Labute approximate surface area is 109 Å². The quantitative estimate of drug-likeness (QED) is 0.921. The van der Waals surface area contributed by atoms with Gasteiger partial charge in [0, 0.05) is 16.9 Å². The second-order valence-corrected chi connectivity index (χ2v) is 5.58. The van der Waals surface area contributed by atoms with Gasteiger partial charge in [0.25, 0.3) is 5.91 Å². The van der Waals surface area contributed by atoms with Gasteiger partial charge in [-0.05, 0) is 31.2 Å². The second kappa shape index (κ2) is 4.57. The van der Waals surface area contributed by atoms with Gasteiger partial charge < -0.3 is 9.84 Å². The molecule has 1 atom stereocenters. The van der Waals surface area contributed by atoms with E-state index in [1.54, 1.807) is 17.4 Å². The fraction of sp³-hybridized carbons (Fsp3) is 0.385. The van der Waals surface area contributed by atoms with Gasteiger partial charge in [-0.15, -0.1) is 11.3 Å². The summed E-state index contributed by atoms with van der Waals surface area (Å²) in [5, 5.41) is 8.75. The second-order valence-electron chi connectivity index (χ2n) is 4.60. The van der Waals surface area contributed by atoms with E-state index in [2.05, 4.69) is 10.5 Å². The smallest absolute Gasteiger partial charge is 0.273 e. The van der Waals surface area contributed by atoms with Crippen LogP contribution >= 0.6 is 11.3 Å². The van der Waals surface area contributed by atoms with Crippen LogP contribution in [0, 0.1) is 0 Å². The van der Waals surface area contributed by atoms with Gasteiger partial charge in [0.15, 0.2) is 5.69 Å². The Hall–Kier alpha value is -1.62. The van der Waals surface area contributed by atoms with Gasteiger partial charge in [-0.3, -0.25) is 4.79 Å². The van der Waals surface area contributed by atoms with E-state index in [1.165, 1.54) is 0 Å². The van der Waals surface area contributed by atoms with Gasteiger partial charge in [0.1, 0.15) is 5.76 Å². The molecular weight excluding hydrogens is 248 g/mol. The molecule has 0 saturated heterocycles. The van der Waals surface area contributed by atoms with Crippen LogP contribution in [0.4, 0.5) is 0 Å². The lowest BCUT2D eigenvalue weighted by Crippen LogP contribution is -2.26. The maximum Gasteiger partial charge on any atom is 0.273 e. The molecule has 1 saturated carbocycles. The summed E-state index contributed by atoms with van der Waals surface area (Å²) in [5.41, 5.74) is 0.375. The highest BCUT2D eigenvalue weighted by Crippen LogP contribution is 2.40. The van der Waals surface area contributed by atoms with E-state index >= 15 is 0 Å². The topological polar surface area (TPSA) is 55.1 Å². The van der Waals surface area contributed by atoms with Crippen LogP contribution in [0.1, 0.15) is 52.9 Å². The van der Waals surface area contributed by atoms with E-state index in [1.807, 2.05) is 24.4 Å². The first kappa shape index (κ1) is 11.5. The number of nitrogens with zero attached hydrogens (tertiary/aromatic N) is 1. The van der Waals surface area contributed by atoms with E-state index in [0.717, 1.165) is 23.5 Å². The molecule has 2 aromatic heterocycles. The zero-order valence-corrected chi connectivity index (χ0v) is 10.9. The Morgan fingerprint density at radius 3 is 3.11 bits per heavy atom. The average Bonchev–Trinajstić information content (AvgIpc) is 2.91. The molecule has 0 bridgehead atoms. The SMILES string of the molecule is CC(NC(=O)c1cc(C2CC2)on1)c1cccs1. The Kier molecular flexibility index (Phi) is 2.91. The lowest BCUT2D eigenvalue weighted by Gasteiger charge is -2.10. The van der Waals surface area contributed by atoms with Crippen molar-refractivity contribution < 1.29 is 9.32 Å². The Morgan fingerprint density at radius 1 is 1.61 bits per heavy atom. The van der Waals surface area contributed by atoms with Crippen molar-refractivity contribution in [3.8, 4) is 0 Å². The number of carbonyl (C=O) groups excluding carboxylic acids is 1. The predicted octanol–water partition coefficient (Wildman–Crippen LogP) is 3.10. The first-order valence-electron chi connectivity index (χ1n) is 6.05. The maximum atomic E-state index is 12.0. The fourth-order valence-corrected chi connectivity index (χ4v) is 2.57. The summed E-state index contributed by atoms with van der Waals surface area (Å²) >= 11 is 1.63. The van der Waals surface area contributed by atoms with Crippen LogP contribution in [0.25, 0.3) is 0 Å². The molecule has 0 radical (unpaired) electrons. The third kappa shape index (κ3) is 2.31. The van der Waals surface area contributed by atoms with Gasteiger partial charge in [-0.25, -0.2) is 0 Å². The van der Waals surface area contributed by atoms with Crippen LogP contribution in [0.3, 0.4) is 0 Å². The summed E-state index contributed by atoms with van der Waals surface area (Å²) in [6.07, 6.45) is 2.28. The molecule has 1 amide bonds. The summed E-state index contributed by atoms with van der Waals surface area (Å²) in [4.78, 5) is 13.1. The summed E-state index contributed by atoms with van der Waals surface area (Å²) in [6, 6.07) is 5.74. The summed E-state index contributed by atoms with van der Waals surface area (Å²) in [7, 11) is 0. The molecule has 2 heterocycles. The van der Waals surface area contributed by atoms with Crippen molar-refractivity contribution in [2.45, 2.75) is 31.7 Å². The van der Waals surface area contributed by atoms with Crippen LogP contribution in [0.15, 0.2) is 28.1 Å². The van der Waals surface area contributed by atoms with Crippen molar-refractivity contribution in [3.63, 3.8) is 0 Å². The van der Waals surface area contributed by atoms with Crippen LogP contribution in [-0.4, -0.2) is 11.1 Å². The number of rotatable bonds is 4. The van der Waals surface area contributed by atoms with Crippen molar-refractivity contribution in [2.75, 3.05) is 0 Å². The molecule has 1 aliphatic rings. The highest BCUT2D eigenvalue weighted by Gasteiger charge is 2.29. The molecule has 0 aromatic carbocycles. The Bertz CT molecular complexity index is 543.